The Kier molecular flexibility index (Phi) is 6.98. The number of sulfonamides is 1. The molecule has 188 valence electrons. The van der Waals surface area contributed by atoms with Crippen molar-refractivity contribution in [3.8, 4) is 0 Å². The largest absolute Gasteiger partial charge is 0.322 e. The number of anilines is 2. The van der Waals surface area contributed by atoms with E-state index >= 15 is 0 Å². The fraction of sp³-hybridized carbons (Fsp3) is 0.179. The highest BCUT2D eigenvalue weighted by molar-refractivity contribution is 7.92. The zero-order valence-electron chi connectivity index (χ0n) is 20.4. The van der Waals surface area contributed by atoms with E-state index in [2.05, 4.69) is 49.2 Å². The molecule has 8 nitrogen and oxygen atoms in total. The van der Waals surface area contributed by atoms with E-state index in [1.807, 2.05) is 24.3 Å². The quantitative estimate of drug-likeness (QED) is 0.380. The second-order valence-electron chi connectivity index (χ2n) is 9.03. The first-order chi connectivity index (χ1) is 17.9. The number of carbonyl (C=O) groups is 1. The highest BCUT2D eigenvalue weighted by atomic mass is 32.2. The Morgan fingerprint density at radius 2 is 1.68 bits per heavy atom. The maximum absolute atomic E-state index is 12.7. The number of rotatable bonds is 7. The number of amides is 1. The third-order valence-electron chi connectivity index (χ3n) is 6.27. The average Bonchev–Trinajstić information content (AvgIpc) is 2.89. The van der Waals surface area contributed by atoms with Gasteiger partial charge in [-0.25, -0.2) is 23.1 Å². The molecule has 0 unspecified atom stereocenters. The third-order valence-corrected chi connectivity index (χ3v) is 7.62. The van der Waals surface area contributed by atoms with Crippen molar-refractivity contribution in [1.82, 2.24) is 14.9 Å². The van der Waals surface area contributed by atoms with Crippen LogP contribution in [0.25, 0.3) is 0 Å². The van der Waals surface area contributed by atoms with Gasteiger partial charge in [0.15, 0.2) is 0 Å². The molecule has 9 heteroatoms. The first kappa shape index (κ1) is 24.6. The van der Waals surface area contributed by atoms with Gasteiger partial charge in [-0.05, 0) is 72.5 Å². The number of fused-ring (bicyclic) bond motifs is 1. The third kappa shape index (κ3) is 6.02. The molecule has 1 aromatic heterocycles. The van der Waals surface area contributed by atoms with Crippen LogP contribution in [-0.4, -0.2) is 35.7 Å². The van der Waals surface area contributed by atoms with Crippen molar-refractivity contribution in [2.45, 2.75) is 31.3 Å². The monoisotopic (exact) mass is 513 g/mol. The van der Waals surface area contributed by atoms with E-state index in [9.17, 15) is 13.2 Å². The van der Waals surface area contributed by atoms with Crippen molar-refractivity contribution in [2.75, 3.05) is 16.6 Å². The minimum absolute atomic E-state index is 0.00549. The Morgan fingerprint density at radius 1 is 0.946 bits per heavy atom. The number of hydrogen-bond acceptors (Lipinski definition) is 6. The van der Waals surface area contributed by atoms with Crippen LogP contribution in [0.15, 0.2) is 90.0 Å². The van der Waals surface area contributed by atoms with Crippen LogP contribution in [0.5, 0.6) is 0 Å². The Bertz CT molecular complexity index is 1520. The van der Waals surface area contributed by atoms with Gasteiger partial charge in [-0.1, -0.05) is 36.4 Å². The van der Waals surface area contributed by atoms with Gasteiger partial charge in [0.25, 0.3) is 15.9 Å². The topological polar surface area (TPSA) is 104 Å². The molecule has 0 spiro atoms. The van der Waals surface area contributed by atoms with E-state index < -0.39 is 10.0 Å². The fourth-order valence-corrected chi connectivity index (χ4v) is 5.26. The van der Waals surface area contributed by atoms with Crippen LogP contribution in [0.1, 0.15) is 32.7 Å². The first-order valence-electron chi connectivity index (χ1n) is 12.0. The van der Waals surface area contributed by atoms with Crippen LogP contribution in [0.2, 0.25) is 0 Å². The van der Waals surface area contributed by atoms with Crippen molar-refractivity contribution in [1.29, 1.82) is 0 Å². The van der Waals surface area contributed by atoms with Crippen molar-refractivity contribution < 1.29 is 13.2 Å². The molecule has 0 bridgehead atoms. The van der Waals surface area contributed by atoms with Gasteiger partial charge in [0.05, 0.1) is 4.90 Å². The summed E-state index contributed by atoms with van der Waals surface area (Å²) in [6.07, 6.45) is 2.53. The van der Waals surface area contributed by atoms with Crippen LogP contribution in [-0.2, 0) is 29.5 Å². The fourth-order valence-electron chi connectivity index (χ4n) is 4.31. The van der Waals surface area contributed by atoms with Crippen molar-refractivity contribution >= 4 is 27.6 Å². The molecule has 0 aliphatic carbocycles. The number of carbonyl (C=O) groups excluding carboxylic acids is 1. The van der Waals surface area contributed by atoms with Gasteiger partial charge in [0.2, 0.25) is 5.95 Å². The van der Waals surface area contributed by atoms with Crippen LogP contribution < -0.4 is 10.0 Å². The minimum atomic E-state index is -3.85. The molecule has 1 amide bonds. The Labute approximate surface area is 216 Å². The number of nitrogens with zero attached hydrogens (tertiary/aromatic N) is 3. The summed E-state index contributed by atoms with van der Waals surface area (Å²) in [7, 11) is -3.85. The minimum Gasteiger partial charge on any atom is -0.322 e. The summed E-state index contributed by atoms with van der Waals surface area (Å²) in [5.41, 5.74) is 5.62. The predicted molar refractivity (Wildman–Crippen MR) is 143 cm³/mol. The Morgan fingerprint density at radius 3 is 2.41 bits per heavy atom. The van der Waals surface area contributed by atoms with E-state index in [0.717, 1.165) is 31.6 Å². The number of benzene rings is 3. The van der Waals surface area contributed by atoms with E-state index in [1.54, 1.807) is 25.1 Å². The normalized spacial score (nSPS) is 13.5. The Hall–Kier alpha value is -4.08. The smallest absolute Gasteiger partial charge is 0.264 e. The van der Waals surface area contributed by atoms with E-state index in [1.165, 1.54) is 29.5 Å². The molecule has 0 saturated heterocycles. The summed E-state index contributed by atoms with van der Waals surface area (Å²) in [6.45, 7) is 4.52. The van der Waals surface area contributed by atoms with Gasteiger partial charge in [0, 0.05) is 42.8 Å². The lowest BCUT2D eigenvalue weighted by Gasteiger charge is -2.28. The number of nitrogens with one attached hydrogen (secondary N) is 2. The summed E-state index contributed by atoms with van der Waals surface area (Å²) in [5, 5.41) is 2.82. The molecule has 0 radical (unpaired) electrons. The van der Waals surface area contributed by atoms with Gasteiger partial charge in [0.1, 0.15) is 0 Å². The lowest BCUT2D eigenvalue weighted by Crippen LogP contribution is -2.29. The highest BCUT2D eigenvalue weighted by Gasteiger charge is 2.17. The van der Waals surface area contributed by atoms with Gasteiger partial charge < -0.3 is 5.32 Å². The molecule has 0 saturated carbocycles. The summed E-state index contributed by atoms with van der Waals surface area (Å²) < 4.78 is 27.6. The lowest BCUT2D eigenvalue weighted by atomic mass is 9.99. The molecule has 37 heavy (non-hydrogen) atoms. The van der Waals surface area contributed by atoms with Gasteiger partial charge in [-0.2, -0.15) is 0 Å². The van der Waals surface area contributed by atoms with Gasteiger partial charge >= 0.3 is 0 Å². The van der Waals surface area contributed by atoms with Crippen LogP contribution in [0.3, 0.4) is 0 Å². The molecule has 0 fully saturated rings. The van der Waals surface area contributed by atoms with Gasteiger partial charge in [-0.15, -0.1) is 0 Å². The lowest BCUT2D eigenvalue weighted by molar-refractivity contribution is 0.102. The first-order valence-corrected chi connectivity index (χ1v) is 13.5. The van der Waals surface area contributed by atoms with Crippen molar-refractivity contribution in [3.63, 3.8) is 0 Å². The predicted octanol–water partition coefficient (Wildman–Crippen LogP) is 4.40. The molecular weight excluding hydrogens is 486 g/mol. The molecule has 0 atom stereocenters. The summed E-state index contributed by atoms with van der Waals surface area (Å²) in [4.78, 5) is 23.2. The molecule has 3 aromatic carbocycles. The Balaban J connectivity index is 1.18. The molecular formula is C28H27N5O3S. The second kappa shape index (κ2) is 10.5. The number of hydrogen-bond donors (Lipinski definition) is 2. The van der Waals surface area contributed by atoms with Crippen LogP contribution in [0.4, 0.5) is 11.6 Å². The summed E-state index contributed by atoms with van der Waals surface area (Å²) >= 11 is 0. The van der Waals surface area contributed by atoms with Crippen LogP contribution >= 0.6 is 0 Å². The van der Waals surface area contributed by atoms with Crippen molar-refractivity contribution in [3.05, 3.63) is 113 Å². The second-order valence-corrected chi connectivity index (χ2v) is 10.7. The molecule has 1 aliphatic heterocycles. The van der Waals surface area contributed by atoms with Crippen LogP contribution in [0, 0.1) is 6.92 Å². The number of aryl methyl sites for hydroxylation is 1. The highest BCUT2D eigenvalue weighted by Crippen LogP contribution is 2.21. The SMILES string of the molecule is Cc1ccnc(NS(=O)(=O)c2ccc(NC(=O)c3ccc(CN4CCc5ccccc5C4)cc3)cc2)n1. The average molecular weight is 514 g/mol. The molecule has 2 N–H and O–H groups in total. The van der Waals surface area contributed by atoms with E-state index in [0.29, 0.717) is 16.9 Å². The maximum Gasteiger partial charge on any atom is 0.264 e. The number of aromatic nitrogens is 2. The molecule has 4 aromatic rings. The zero-order valence-corrected chi connectivity index (χ0v) is 21.2. The molecule has 2 heterocycles. The van der Waals surface area contributed by atoms with Crippen molar-refractivity contribution in [2.24, 2.45) is 0 Å². The van der Waals surface area contributed by atoms with E-state index in [4.69, 9.17) is 0 Å². The summed E-state index contributed by atoms with van der Waals surface area (Å²) in [5.74, 6) is -0.258. The van der Waals surface area contributed by atoms with Gasteiger partial charge in [-0.3, -0.25) is 9.69 Å². The summed E-state index contributed by atoms with van der Waals surface area (Å²) in [6, 6.07) is 23.8. The standard InChI is InChI=1S/C28H27N5O3S/c1-20-14-16-29-28(30-20)32-37(35,36)26-12-10-25(11-13-26)31-27(34)23-8-6-21(7-9-23)18-33-17-15-22-4-2-3-5-24(22)19-33/h2-14,16H,15,17-19H2,1H3,(H,31,34)(H,29,30,32). The molecule has 1 aliphatic rings. The maximum atomic E-state index is 12.7. The zero-order chi connectivity index (χ0) is 25.8. The van der Waals surface area contributed by atoms with E-state index in [-0.39, 0.29) is 16.8 Å². The molecule has 5 rings (SSSR count).